The zero-order valence-corrected chi connectivity index (χ0v) is 4.78. The number of aliphatic hydroxyl groups excluding tert-OH is 1. The Morgan fingerprint density at radius 1 is 1.67 bits per heavy atom. The van der Waals surface area contributed by atoms with E-state index >= 15 is 0 Å². The molecule has 0 aromatic heterocycles. The number of cyclic esters (lactones) is 1. The first kappa shape index (κ1) is 6.51. The molecule has 4 heteroatoms. The summed E-state index contributed by atoms with van der Waals surface area (Å²) >= 11 is 0. The molecule has 2 N–H and O–H groups in total. The largest absolute Gasteiger partial charge is 0.465 e. The molecule has 1 aliphatic rings. The van der Waals surface area contributed by atoms with Gasteiger partial charge < -0.3 is 14.9 Å². The molecule has 4 nitrogen and oxygen atoms in total. The number of ether oxygens (including phenoxy) is 1. The average Bonchev–Trinajstić information content (AvgIpc) is 2.13. The fourth-order valence-electron chi connectivity index (χ4n) is 0.782. The van der Waals surface area contributed by atoms with Crippen molar-refractivity contribution in [2.45, 2.75) is 12.7 Å². The molecule has 52 valence electrons. The lowest BCUT2D eigenvalue weighted by molar-refractivity contribution is -0.153. The van der Waals surface area contributed by atoms with Crippen LogP contribution in [0.25, 0.3) is 0 Å². The molecule has 1 saturated heterocycles. The van der Waals surface area contributed by atoms with Gasteiger partial charge in [0.05, 0.1) is 6.61 Å². The van der Waals surface area contributed by atoms with E-state index in [9.17, 15) is 4.79 Å². The first-order valence-electron chi connectivity index (χ1n) is 2.74. The summed E-state index contributed by atoms with van der Waals surface area (Å²) in [7, 11) is 0. The summed E-state index contributed by atoms with van der Waals surface area (Å²) in [6.07, 6.45) is -1.14. The summed E-state index contributed by atoms with van der Waals surface area (Å²) < 4.78 is 4.47. The van der Waals surface area contributed by atoms with Crippen LogP contribution in [0.1, 0.15) is 6.42 Å². The van der Waals surface area contributed by atoms with E-state index in [4.69, 9.17) is 10.2 Å². The molecule has 0 bridgehead atoms. The van der Waals surface area contributed by atoms with Gasteiger partial charge in [-0.1, -0.05) is 0 Å². The van der Waals surface area contributed by atoms with Gasteiger partial charge in [0.2, 0.25) is 0 Å². The molecule has 9 heavy (non-hydrogen) atoms. The average molecular weight is 132 g/mol. The van der Waals surface area contributed by atoms with Gasteiger partial charge in [-0.2, -0.15) is 0 Å². The maximum Gasteiger partial charge on any atom is 0.314 e. The molecule has 0 amide bonds. The van der Waals surface area contributed by atoms with E-state index in [2.05, 4.69) is 4.74 Å². The van der Waals surface area contributed by atoms with Crippen molar-refractivity contribution >= 4 is 5.97 Å². The summed E-state index contributed by atoms with van der Waals surface area (Å²) in [5.74, 6) is -1.23. The Morgan fingerprint density at radius 2 is 2.33 bits per heavy atom. The second-order valence-electron chi connectivity index (χ2n) is 1.98. The van der Waals surface area contributed by atoms with E-state index in [0.717, 1.165) is 0 Å². The quantitative estimate of drug-likeness (QED) is 0.349. The minimum absolute atomic E-state index is 0.307. The Hall–Kier alpha value is -0.610. The molecule has 1 atom stereocenters. The molecule has 0 aromatic carbocycles. The lowest BCUT2D eigenvalue weighted by atomic mass is 10.1. The highest BCUT2D eigenvalue weighted by Gasteiger charge is 2.31. The van der Waals surface area contributed by atoms with Crippen LogP contribution in [0.3, 0.4) is 0 Å². The molecule has 0 aromatic rings. The zero-order chi connectivity index (χ0) is 6.85. The number of esters is 1. The van der Waals surface area contributed by atoms with Gasteiger partial charge in [-0.25, -0.2) is 0 Å². The highest BCUT2D eigenvalue weighted by Crippen LogP contribution is 2.16. The summed E-state index contributed by atoms with van der Waals surface area (Å²) in [6, 6.07) is 0. The molecule has 0 radical (unpaired) electrons. The van der Waals surface area contributed by atoms with Crippen molar-refractivity contribution in [3.63, 3.8) is 0 Å². The Bertz CT molecular complexity index is 120. The summed E-state index contributed by atoms with van der Waals surface area (Å²) in [4.78, 5) is 10.5. The third-order valence-electron chi connectivity index (χ3n) is 1.34. The van der Waals surface area contributed by atoms with Crippen molar-refractivity contribution in [2.24, 2.45) is 5.92 Å². The third kappa shape index (κ3) is 1.20. The van der Waals surface area contributed by atoms with Crippen LogP contribution in [0.2, 0.25) is 0 Å². The molecule has 0 saturated carbocycles. The van der Waals surface area contributed by atoms with Gasteiger partial charge in [-0.3, -0.25) is 4.79 Å². The van der Waals surface area contributed by atoms with Gasteiger partial charge in [0.25, 0.3) is 0 Å². The van der Waals surface area contributed by atoms with Crippen molar-refractivity contribution in [1.29, 1.82) is 0 Å². The van der Waals surface area contributed by atoms with Crippen molar-refractivity contribution < 1.29 is 19.7 Å². The lowest BCUT2D eigenvalue weighted by Gasteiger charge is -2.05. The van der Waals surface area contributed by atoms with Gasteiger partial charge in [0, 0.05) is 0 Å². The molecule has 0 aliphatic carbocycles. The Kier molecular flexibility index (Phi) is 1.68. The molecule has 1 heterocycles. The number of hydrogen-bond acceptors (Lipinski definition) is 4. The van der Waals surface area contributed by atoms with Crippen molar-refractivity contribution in [3.05, 3.63) is 0 Å². The van der Waals surface area contributed by atoms with Crippen LogP contribution in [0.15, 0.2) is 0 Å². The SMILES string of the molecule is O=C1OCCC1C(O)O. The smallest absolute Gasteiger partial charge is 0.314 e. The van der Waals surface area contributed by atoms with E-state index in [1.54, 1.807) is 0 Å². The normalized spacial score (nSPS) is 27.0. The van der Waals surface area contributed by atoms with Gasteiger partial charge >= 0.3 is 5.97 Å². The van der Waals surface area contributed by atoms with Gasteiger partial charge in [0.15, 0.2) is 6.29 Å². The third-order valence-corrected chi connectivity index (χ3v) is 1.34. The van der Waals surface area contributed by atoms with Crippen LogP contribution < -0.4 is 0 Å². The summed E-state index contributed by atoms with van der Waals surface area (Å²) in [5, 5.41) is 17.0. The Labute approximate surface area is 52.1 Å². The van der Waals surface area contributed by atoms with E-state index < -0.39 is 18.2 Å². The summed E-state index contributed by atoms with van der Waals surface area (Å²) in [5.41, 5.74) is 0. The van der Waals surface area contributed by atoms with Crippen molar-refractivity contribution in [2.75, 3.05) is 6.61 Å². The number of carbonyl (C=O) groups excluding carboxylic acids is 1. The van der Waals surface area contributed by atoms with Crippen LogP contribution in [0, 0.1) is 5.92 Å². The maximum absolute atomic E-state index is 10.5. The number of carbonyl (C=O) groups is 1. The van der Waals surface area contributed by atoms with E-state index in [1.165, 1.54) is 0 Å². The Balaban J connectivity index is 2.49. The standard InChI is InChI=1S/C5H8O4/c6-4(7)3-1-2-9-5(3)8/h3-4,6-7H,1-2H2. The predicted molar refractivity (Wildman–Crippen MR) is 27.3 cm³/mol. The molecule has 1 rings (SSSR count). The number of rotatable bonds is 1. The summed E-state index contributed by atoms with van der Waals surface area (Å²) in [6.45, 7) is 0.307. The van der Waals surface area contributed by atoms with Crippen molar-refractivity contribution in [3.8, 4) is 0 Å². The van der Waals surface area contributed by atoms with Crippen LogP contribution in [-0.2, 0) is 9.53 Å². The van der Waals surface area contributed by atoms with Gasteiger partial charge in [-0.15, -0.1) is 0 Å². The van der Waals surface area contributed by atoms with E-state index in [0.29, 0.717) is 13.0 Å². The fraction of sp³-hybridized carbons (Fsp3) is 0.800. The fourth-order valence-corrected chi connectivity index (χ4v) is 0.782. The molecular weight excluding hydrogens is 124 g/mol. The van der Waals surface area contributed by atoms with E-state index in [-0.39, 0.29) is 0 Å². The van der Waals surface area contributed by atoms with Gasteiger partial charge in [-0.05, 0) is 6.42 Å². The highest BCUT2D eigenvalue weighted by atomic mass is 16.5. The lowest BCUT2D eigenvalue weighted by Crippen LogP contribution is -2.23. The highest BCUT2D eigenvalue weighted by molar-refractivity contribution is 5.74. The first-order chi connectivity index (χ1) is 4.22. The molecule has 0 spiro atoms. The minimum Gasteiger partial charge on any atom is -0.465 e. The molecule has 1 fully saturated rings. The zero-order valence-electron chi connectivity index (χ0n) is 4.78. The van der Waals surface area contributed by atoms with E-state index in [1.807, 2.05) is 0 Å². The molecule has 1 aliphatic heterocycles. The topological polar surface area (TPSA) is 66.8 Å². The van der Waals surface area contributed by atoms with Crippen LogP contribution in [0.4, 0.5) is 0 Å². The monoisotopic (exact) mass is 132 g/mol. The number of aliphatic hydroxyl groups is 2. The van der Waals surface area contributed by atoms with Crippen LogP contribution in [0.5, 0.6) is 0 Å². The predicted octanol–water partition coefficient (Wildman–Crippen LogP) is -1.14. The van der Waals surface area contributed by atoms with Crippen molar-refractivity contribution in [1.82, 2.24) is 0 Å². The second-order valence-corrected chi connectivity index (χ2v) is 1.98. The second kappa shape index (κ2) is 2.33. The van der Waals surface area contributed by atoms with Crippen LogP contribution in [-0.4, -0.2) is 29.1 Å². The van der Waals surface area contributed by atoms with Gasteiger partial charge in [0.1, 0.15) is 5.92 Å². The Morgan fingerprint density at radius 3 is 2.56 bits per heavy atom. The first-order valence-corrected chi connectivity index (χ1v) is 2.74. The maximum atomic E-state index is 10.5. The molecule has 1 unspecified atom stereocenters. The number of hydrogen-bond donors (Lipinski definition) is 2. The van der Waals surface area contributed by atoms with Crippen LogP contribution >= 0.6 is 0 Å². The minimum atomic E-state index is -1.56. The molecular formula is C5H8O4.